The topological polar surface area (TPSA) is 102 Å². The van der Waals surface area contributed by atoms with Crippen molar-refractivity contribution < 1.29 is 29.0 Å². The zero-order valence-corrected chi connectivity index (χ0v) is 15.2. The lowest BCUT2D eigenvalue weighted by Crippen LogP contribution is -2.53. The van der Waals surface area contributed by atoms with Gasteiger partial charge in [-0.25, -0.2) is 4.79 Å². The van der Waals surface area contributed by atoms with Crippen LogP contribution in [0.4, 0.5) is 4.79 Å². The lowest BCUT2D eigenvalue weighted by Gasteiger charge is -2.51. The van der Waals surface area contributed by atoms with Crippen LogP contribution >= 0.6 is 0 Å². The molecule has 2 rings (SSSR count). The monoisotopic (exact) mass is 353 g/mol. The van der Waals surface area contributed by atoms with Crippen LogP contribution < -0.4 is 5.32 Å². The Bertz CT molecular complexity index is 584. The molecular formula is C18H27NO6. The summed E-state index contributed by atoms with van der Waals surface area (Å²) in [5.41, 5.74) is 0.810. The molecular weight excluding hydrogens is 326 g/mol. The second-order valence-corrected chi connectivity index (χ2v) is 7.56. The Morgan fingerprint density at radius 2 is 2.00 bits per heavy atom. The van der Waals surface area contributed by atoms with E-state index in [1.807, 2.05) is 0 Å². The summed E-state index contributed by atoms with van der Waals surface area (Å²) in [5, 5.41) is 11.9. The number of alkyl carbamates (subject to hydrolysis) is 1. The maximum Gasteiger partial charge on any atom is 0.410 e. The van der Waals surface area contributed by atoms with E-state index in [4.69, 9.17) is 9.47 Å². The zero-order chi connectivity index (χ0) is 18.8. The van der Waals surface area contributed by atoms with E-state index < -0.39 is 29.7 Å². The predicted molar refractivity (Wildman–Crippen MR) is 89.5 cm³/mol. The number of carbonyl (C=O) groups excluding carboxylic acids is 2. The minimum Gasteiger partial charge on any atom is -0.481 e. The molecule has 0 heterocycles. The molecule has 7 nitrogen and oxygen atoms in total. The molecule has 0 aromatic carbocycles. The van der Waals surface area contributed by atoms with Gasteiger partial charge < -0.3 is 19.9 Å². The van der Waals surface area contributed by atoms with Gasteiger partial charge in [0.25, 0.3) is 0 Å². The summed E-state index contributed by atoms with van der Waals surface area (Å²) in [6, 6.07) is 0. The highest BCUT2D eigenvalue weighted by molar-refractivity contribution is 5.72. The van der Waals surface area contributed by atoms with E-state index in [2.05, 4.69) is 18.3 Å². The fourth-order valence-corrected chi connectivity index (χ4v) is 3.93. The molecule has 0 aromatic rings. The van der Waals surface area contributed by atoms with Crippen molar-refractivity contribution in [2.24, 2.45) is 23.2 Å². The number of allylic oxidation sites excluding steroid dienone is 2. The van der Waals surface area contributed by atoms with Crippen LogP contribution in [0.5, 0.6) is 0 Å². The number of carboxylic acids is 1. The Morgan fingerprint density at radius 3 is 2.56 bits per heavy atom. The molecule has 0 bridgehead atoms. The van der Waals surface area contributed by atoms with E-state index in [-0.39, 0.29) is 24.8 Å². The molecule has 1 amide bonds. The molecule has 0 saturated heterocycles. The number of hydrogen-bond donors (Lipinski definition) is 2. The predicted octanol–water partition coefficient (Wildman–Crippen LogP) is 2.71. The molecule has 7 heteroatoms. The molecule has 2 aliphatic carbocycles. The molecule has 0 aliphatic heterocycles. The highest BCUT2D eigenvalue weighted by Gasteiger charge is 2.55. The van der Waals surface area contributed by atoms with Gasteiger partial charge in [-0.05, 0) is 31.6 Å². The first-order valence-electron chi connectivity index (χ1n) is 8.67. The van der Waals surface area contributed by atoms with Gasteiger partial charge in [-0.1, -0.05) is 25.5 Å². The van der Waals surface area contributed by atoms with Crippen molar-refractivity contribution >= 4 is 18.0 Å². The van der Waals surface area contributed by atoms with Gasteiger partial charge in [0.05, 0.1) is 12.3 Å². The van der Waals surface area contributed by atoms with Crippen molar-refractivity contribution in [3.63, 3.8) is 0 Å². The van der Waals surface area contributed by atoms with E-state index in [0.717, 1.165) is 12.8 Å². The second-order valence-electron chi connectivity index (χ2n) is 7.56. The van der Waals surface area contributed by atoms with Gasteiger partial charge in [0.15, 0.2) is 0 Å². The van der Waals surface area contributed by atoms with Gasteiger partial charge in [-0.3, -0.25) is 9.59 Å². The summed E-state index contributed by atoms with van der Waals surface area (Å²) in [7, 11) is 0. The third kappa shape index (κ3) is 4.52. The molecule has 0 aromatic heterocycles. The minimum absolute atomic E-state index is 0.0100. The average Bonchev–Trinajstić information content (AvgIpc) is 2.79. The highest BCUT2D eigenvalue weighted by Crippen LogP contribution is 2.59. The van der Waals surface area contributed by atoms with E-state index >= 15 is 0 Å². The van der Waals surface area contributed by atoms with E-state index in [1.165, 1.54) is 12.5 Å². The van der Waals surface area contributed by atoms with Crippen LogP contribution in [0, 0.1) is 23.2 Å². The number of amides is 1. The van der Waals surface area contributed by atoms with Crippen LogP contribution in [0.15, 0.2) is 11.6 Å². The number of ether oxygens (including phenoxy) is 2. The van der Waals surface area contributed by atoms with Gasteiger partial charge in [-0.2, -0.15) is 0 Å². The van der Waals surface area contributed by atoms with Crippen LogP contribution in [-0.2, 0) is 19.1 Å². The second kappa shape index (κ2) is 7.45. The highest BCUT2D eigenvalue weighted by atomic mass is 16.7. The molecule has 25 heavy (non-hydrogen) atoms. The standard InChI is InChI=1S/C18H27NO6/c1-10(2)16(22)24-12(4)25-17(23)19-9-18(8-15(20)21)7-13-5-11(3)6-14(13)18/h6,10,12-14H,5,7-9H2,1-4H3,(H,19,23)(H,20,21)/t12-,13-,14+,18+/m1/s1. The van der Waals surface area contributed by atoms with Crippen molar-refractivity contribution in [3.05, 3.63) is 11.6 Å². The van der Waals surface area contributed by atoms with Gasteiger partial charge in [0.1, 0.15) is 0 Å². The Labute approximate surface area is 147 Å². The van der Waals surface area contributed by atoms with Gasteiger partial charge in [0.2, 0.25) is 6.29 Å². The van der Waals surface area contributed by atoms with E-state index in [1.54, 1.807) is 13.8 Å². The van der Waals surface area contributed by atoms with Gasteiger partial charge in [-0.15, -0.1) is 0 Å². The third-order valence-corrected chi connectivity index (χ3v) is 5.05. The van der Waals surface area contributed by atoms with Crippen molar-refractivity contribution in [2.45, 2.75) is 53.2 Å². The van der Waals surface area contributed by atoms with Crippen LogP contribution in [0.25, 0.3) is 0 Å². The normalized spacial score (nSPS) is 28.4. The molecule has 0 spiro atoms. The number of hydrogen-bond acceptors (Lipinski definition) is 5. The first-order valence-corrected chi connectivity index (χ1v) is 8.67. The van der Waals surface area contributed by atoms with E-state index in [9.17, 15) is 19.5 Å². The molecule has 140 valence electrons. The molecule has 1 saturated carbocycles. The quantitative estimate of drug-likeness (QED) is 0.414. The first-order chi connectivity index (χ1) is 11.6. The summed E-state index contributed by atoms with van der Waals surface area (Å²) in [5.74, 6) is -0.970. The molecule has 2 aliphatic rings. The number of carbonyl (C=O) groups is 3. The van der Waals surface area contributed by atoms with E-state index in [0.29, 0.717) is 5.92 Å². The summed E-state index contributed by atoms with van der Waals surface area (Å²) in [6.45, 7) is 7.13. The number of fused-ring (bicyclic) bond motifs is 1. The Kier molecular flexibility index (Phi) is 5.75. The SMILES string of the molecule is CC1=C[C@H]2[C@H](C1)C[C@@]2(CNC(=O)O[C@H](C)OC(=O)C(C)C)CC(=O)O. The van der Waals surface area contributed by atoms with Crippen LogP contribution in [-0.4, -0.2) is 36.0 Å². The van der Waals surface area contributed by atoms with Crippen molar-refractivity contribution in [2.75, 3.05) is 6.54 Å². The maximum atomic E-state index is 11.9. The minimum atomic E-state index is -0.993. The summed E-state index contributed by atoms with van der Waals surface area (Å²) in [4.78, 5) is 34.7. The van der Waals surface area contributed by atoms with Gasteiger partial charge >= 0.3 is 18.0 Å². The third-order valence-electron chi connectivity index (χ3n) is 5.05. The van der Waals surface area contributed by atoms with Crippen molar-refractivity contribution in [3.8, 4) is 0 Å². The van der Waals surface area contributed by atoms with Crippen molar-refractivity contribution in [1.82, 2.24) is 5.32 Å². The number of esters is 1. The fourth-order valence-electron chi connectivity index (χ4n) is 3.93. The molecule has 0 radical (unpaired) electrons. The van der Waals surface area contributed by atoms with Gasteiger partial charge in [0, 0.05) is 18.9 Å². The Morgan fingerprint density at radius 1 is 1.32 bits per heavy atom. The van der Waals surface area contributed by atoms with Crippen LogP contribution in [0.2, 0.25) is 0 Å². The molecule has 2 N–H and O–H groups in total. The van der Waals surface area contributed by atoms with Crippen molar-refractivity contribution in [1.29, 1.82) is 0 Å². The molecule has 4 atom stereocenters. The Hall–Kier alpha value is -2.05. The number of aliphatic carboxylic acids is 1. The fraction of sp³-hybridized carbons (Fsp3) is 0.722. The first kappa shape index (κ1) is 19.3. The number of rotatable bonds is 7. The van der Waals surface area contributed by atoms with Crippen LogP contribution in [0.1, 0.15) is 47.0 Å². The molecule has 1 fully saturated rings. The number of carboxylic acid groups (broad SMARTS) is 1. The number of nitrogens with one attached hydrogen (secondary N) is 1. The lowest BCUT2D eigenvalue weighted by molar-refractivity contribution is -0.169. The average molecular weight is 353 g/mol. The summed E-state index contributed by atoms with van der Waals surface area (Å²) >= 11 is 0. The molecule has 0 unspecified atom stereocenters. The smallest absolute Gasteiger partial charge is 0.410 e. The largest absolute Gasteiger partial charge is 0.481 e. The summed E-state index contributed by atoms with van der Waals surface area (Å²) < 4.78 is 9.99. The zero-order valence-electron chi connectivity index (χ0n) is 15.2. The maximum absolute atomic E-state index is 11.9. The lowest BCUT2D eigenvalue weighted by atomic mass is 9.53. The Balaban J connectivity index is 1.88. The summed E-state index contributed by atoms with van der Waals surface area (Å²) in [6.07, 6.45) is 2.21. The van der Waals surface area contributed by atoms with Crippen LogP contribution in [0.3, 0.4) is 0 Å².